The number of carbonyl (C=O) groups is 4. The molecule has 0 saturated heterocycles. The van der Waals surface area contributed by atoms with Gasteiger partial charge < -0.3 is 15.5 Å². The summed E-state index contributed by atoms with van der Waals surface area (Å²) in [6, 6.07) is 19.8. The molecule has 216 valence electrons. The van der Waals surface area contributed by atoms with Crippen LogP contribution in [0.4, 0.5) is 0 Å². The molecule has 0 fully saturated rings. The number of hydrogen-bond donors (Lipinski definition) is 3. The first kappa shape index (κ1) is 29.7. The zero-order valence-corrected chi connectivity index (χ0v) is 23.3. The Bertz CT molecular complexity index is 1580. The van der Waals surface area contributed by atoms with E-state index in [9.17, 15) is 19.2 Å². The first-order valence-corrected chi connectivity index (χ1v) is 13.7. The second-order valence-electron chi connectivity index (χ2n) is 9.57. The average Bonchev–Trinajstić information content (AvgIpc) is 3.49. The maximum absolute atomic E-state index is 13.5. The molecule has 0 aliphatic rings. The Hall–Kier alpha value is -5.25. The third-order valence-corrected chi connectivity index (χ3v) is 6.61. The van der Waals surface area contributed by atoms with Crippen LogP contribution in [-0.4, -0.2) is 51.3 Å². The van der Waals surface area contributed by atoms with Crippen LogP contribution in [0, 0.1) is 0 Å². The molecule has 1 atom stereocenters. The van der Waals surface area contributed by atoms with Gasteiger partial charge in [-0.1, -0.05) is 60.7 Å². The highest BCUT2D eigenvalue weighted by Crippen LogP contribution is 2.27. The van der Waals surface area contributed by atoms with Crippen LogP contribution in [-0.2, 0) is 25.5 Å². The number of H-pyrrole nitrogens is 1. The Balaban J connectivity index is 1.60. The van der Waals surface area contributed by atoms with E-state index < -0.39 is 29.7 Å². The number of hydrogen-bond acceptors (Lipinski definition) is 6. The number of hydrazine groups is 1. The number of carbonyl (C=O) groups excluding carboxylic acids is 4. The quantitative estimate of drug-likeness (QED) is 0.133. The van der Waals surface area contributed by atoms with Crippen LogP contribution in [0.25, 0.3) is 22.0 Å². The summed E-state index contributed by atoms with van der Waals surface area (Å²) in [5.74, 6) is -2.16. The fraction of sp³-hybridized carbons (Fsp3) is 0.219. The third-order valence-electron chi connectivity index (χ3n) is 6.61. The first-order valence-electron chi connectivity index (χ1n) is 13.7. The molecular weight excluding hydrogens is 534 g/mol. The number of pyridine rings is 1. The highest BCUT2D eigenvalue weighted by atomic mass is 16.5. The predicted octanol–water partition coefficient (Wildman–Crippen LogP) is 4.09. The highest BCUT2D eigenvalue weighted by Gasteiger charge is 2.26. The maximum atomic E-state index is 13.5. The first-order chi connectivity index (χ1) is 20.4. The van der Waals surface area contributed by atoms with Crippen molar-refractivity contribution < 1.29 is 23.9 Å². The minimum Gasteiger partial charge on any atom is -0.463 e. The third kappa shape index (κ3) is 7.91. The van der Waals surface area contributed by atoms with Gasteiger partial charge in [0.1, 0.15) is 5.69 Å². The molecule has 2 heterocycles. The summed E-state index contributed by atoms with van der Waals surface area (Å²) in [5.41, 5.74) is 10.7. The van der Waals surface area contributed by atoms with Crippen molar-refractivity contribution >= 4 is 34.5 Å². The van der Waals surface area contributed by atoms with Crippen LogP contribution in [0.5, 0.6) is 0 Å². The van der Waals surface area contributed by atoms with E-state index in [1.54, 1.807) is 31.5 Å². The molecule has 4 aromatic rings. The number of aromatic nitrogens is 2. The zero-order valence-electron chi connectivity index (χ0n) is 23.3. The number of esters is 1. The largest absolute Gasteiger partial charge is 0.463 e. The molecule has 10 nitrogen and oxygen atoms in total. The normalized spacial score (nSPS) is 11.7. The Morgan fingerprint density at radius 2 is 1.76 bits per heavy atom. The van der Waals surface area contributed by atoms with Gasteiger partial charge in [-0.2, -0.15) is 0 Å². The van der Waals surface area contributed by atoms with Gasteiger partial charge in [0.15, 0.2) is 0 Å². The zero-order chi connectivity index (χ0) is 29.9. The van der Waals surface area contributed by atoms with Crippen LogP contribution in [0.3, 0.4) is 0 Å². The smallest absolute Gasteiger partial charge is 0.330 e. The molecule has 2 aromatic heterocycles. The standard InChI is InChI=1S/C32H33N5O5/c1-2-42-31(40)19-14-24(13-17-29(33)38)37(30(39)18-12-22-8-4-3-5-9-22)36-32(41)28-16-15-27(35-28)26-21-34-20-23-10-6-7-11-25(23)26/h3-11,14-16,19-21,24,35H,2,12-13,17-18H2,1H3,(H2,33,38)(H,36,41)/t24-/m0/s1. The van der Waals surface area contributed by atoms with Crippen molar-refractivity contribution in [2.75, 3.05) is 6.61 Å². The van der Waals surface area contributed by atoms with Gasteiger partial charge in [-0.3, -0.25) is 24.8 Å². The van der Waals surface area contributed by atoms with E-state index in [1.807, 2.05) is 54.6 Å². The Labute approximate surface area is 243 Å². The molecule has 10 heteroatoms. The highest BCUT2D eigenvalue weighted by molar-refractivity contribution is 5.98. The van der Waals surface area contributed by atoms with E-state index in [1.165, 1.54) is 12.2 Å². The van der Waals surface area contributed by atoms with Crippen molar-refractivity contribution in [3.8, 4) is 11.3 Å². The van der Waals surface area contributed by atoms with Gasteiger partial charge in [0, 0.05) is 48.0 Å². The Morgan fingerprint density at radius 3 is 2.52 bits per heavy atom. The number of amides is 3. The van der Waals surface area contributed by atoms with E-state index in [4.69, 9.17) is 10.5 Å². The summed E-state index contributed by atoms with van der Waals surface area (Å²) in [7, 11) is 0. The molecule has 3 amide bonds. The minimum atomic E-state index is -0.842. The van der Waals surface area contributed by atoms with E-state index in [-0.39, 0.29) is 31.6 Å². The number of ether oxygens (including phenoxy) is 1. The summed E-state index contributed by atoms with van der Waals surface area (Å²) >= 11 is 0. The average molecular weight is 568 g/mol. The SMILES string of the molecule is CCOC(=O)C=C[C@H](CCC(N)=O)N(NC(=O)c1ccc(-c2cncc3ccccc23)[nH]1)C(=O)CCc1ccccc1. The minimum absolute atomic E-state index is 0.0717. The lowest BCUT2D eigenvalue weighted by molar-refractivity contribution is -0.138. The maximum Gasteiger partial charge on any atom is 0.330 e. The van der Waals surface area contributed by atoms with Crippen LogP contribution >= 0.6 is 0 Å². The number of rotatable bonds is 12. The van der Waals surface area contributed by atoms with Gasteiger partial charge in [-0.15, -0.1) is 0 Å². The summed E-state index contributed by atoms with van der Waals surface area (Å²) < 4.78 is 4.97. The molecule has 0 aliphatic heterocycles. The molecule has 0 unspecified atom stereocenters. The van der Waals surface area contributed by atoms with Gasteiger partial charge in [0.25, 0.3) is 5.91 Å². The van der Waals surface area contributed by atoms with Crippen molar-refractivity contribution in [1.82, 2.24) is 20.4 Å². The topological polar surface area (TPSA) is 147 Å². The second-order valence-corrected chi connectivity index (χ2v) is 9.57. The second kappa shape index (κ2) is 14.4. The van der Waals surface area contributed by atoms with Gasteiger partial charge in [0.2, 0.25) is 11.8 Å². The molecule has 4 rings (SSSR count). The van der Waals surface area contributed by atoms with E-state index in [0.29, 0.717) is 12.1 Å². The molecule has 0 aliphatic carbocycles. The Kier molecular flexibility index (Phi) is 10.2. The van der Waals surface area contributed by atoms with Crippen molar-refractivity contribution in [2.24, 2.45) is 5.73 Å². The van der Waals surface area contributed by atoms with Crippen LogP contribution in [0.1, 0.15) is 42.2 Å². The van der Waals surface area contributed by atoms with Crippen molar-refractivity contribution in [3.05, 3.63) is 103 Å². The summed E-state index contributed by atoms with van der Waals surface area (Å²) in [5, 5.41) is 3.08. The van der Waals surface area contributed by atoms with Gasteiger partial charge in [-0.25, -0.2) is 9.80 Å². The number of benzene rings is 2. The van der Waals surface area contributed by atoms with Crippen LogP contribution in [0.15, 0.2) is 91.3 Å². The lowest BCUT2D eigenvalue weighted by atomic mass is 10.1. The molecular formula is C32H33N5O5. The molecule has 4 N–H and O–H groups in total. The van der Waals surface area contributed by atoms with E-state index in [0.717, 1.165) is 26.9 Å². The number of aryl methyl sites for hydroxylation is 1. The molecule has 0 spiro atoms. The van der Waals surface area contributed by atoms with Crippen molar-refractivity contribution in [1.29, 1.82) is 0 Å². The molecule has 0 radical (unpaired) electrons. The predicted molar refractivity (Wildman–Crippen MR) is 159 cm³/mol. The summed E-state index contributed by atoms with van der Waals surface area (Å²) in [4.78, 5) is 58.1. The van der Waals surface area contributed by atoms with E-state index >= 15 is 0 Å². The van der Waals surface area contributed by atoms with Gasteiger partial charge >= 0.3 is 5.97 Å². The molecule has 42 heavy (non-hydrogen) atoms. The number of fused-ring (bicyclic) bond motifs is 1. The fourth-order valence-corrected chi connectivity index (χ4v) is 4.51. The van der Waals surface area contributed by atoms with Crippen molar-refractivity contribution in [2.45, 2.75) is 38.6 Å². The van der Waals surface area contributed by atoms with Crippen LogP contribution in [0.2, 0.25) is 0 Å². The summed E-state index contributed by atoms with van der Waals surface area (Å²) in [6.07, 6.45) is 6.61. The molecule has 0 bridgehead atoms. The number of primary amides is 1. The van der Waals surface area contributed by atoms with Crippen LogP contribution < -0.4 is 11.2 Å². The lowest BCUT2D eigenvalue weighted by Gasteiger charge is -2.30. The molecule has 2 aromatic carbocycles. The molecule has 0 saturated carbocycles. The number of nitrogens with one attached hydrogen (secondary N) is 2. The van der Waals surface area contributed by atoms with Crippen molar-refractivity contribution in [3.63, 3.8) is 0 Å². The number of aromatic amines is 1. The number of nitrogens with two attached hydrogens (primary N) is 1. The Morgan fingerprint density at radius 1 is 1.00 bits per heavy atom. The lowest BCUT2D eigenvalue weighted by Crippen LogP contribution is -2.51. The number of nitrogens with zero attached hydrogens (tertiary/aromatic N) is 2. The van der Waals surface area contributed by atoms with Gasteiger partial charge in [-0.05, 0) is 42.8 Å². The van der Waals surface area contributed by atoms with E-state index in [2.05, 4.69) is 15.4 Å². The monoisotopic (exact) mass is 567 g/mol. The van der Waals surface area contributed by atoms with Gasteiger partial charge in [0.05, 0.1) is 12.6 Å². The fourth-order valence-electron chi connectivity index (χ4n) is 4.51. The summed E-state index contributed by atoms with van der Waals surface area (Å²) in [6.45, 7) is 1.85.